The van der Waals surface area contributed by atoms with E-state index in [1.165, 1.54) is 32.1 Å². The number of carbonyl (C=O) groups excluding carboxylic acids is 1. The summed E-state index contributed by atoms with van der Waals surface area (Å²) < 4.78 is 21.5. The fourth-order valence-electron chi connectivity index (χ4n) is 3.76. The summed E-state index contributed by atoms with van der Waals surface area (Å²) in [6.07, 6.45) is 9.25. The zero-order valence-electron chi connectivity index (χ0n) is 17.3. The molecule has 2 aliphatic rings. The minimum absolute atomic E-state index is 0.125. The van der Waals surface area contributed by atoms with Crippen molar-refractivity contribution in [1.82, 2.24) is 0 Å². The molecule has 0 atom stereocenters. The Bertz CT molecular complexity index is 568. The molecule has 1 saturated heterocycles. The van der Waals surface area contributed by atoms with E-state index in [0.717, 1.165) is 42.7 Å². The number of carbonyl (C=O) groups is 1. The fraction of sp³-hybridized carbons (Fsp3) is 0.682. The van der Waals surface area contributed by atoms with Crippen LogP contribution < -0.4 is 4.90 Å². The molecule has 1 aromatic rings. The number of halogens is 2. The molecular weight excluding hydrogens is 409 g/mol. The second kappa shape index (κ2) is 12.5. The van der Waals surface area contributed by atoms with Gasteiger partial charge in [-0.05, 0) is 72.7 Å². The van der Waals surface area contributed by atoms with Crippen LogP contribution in [0.5, 0.6) is 0 Å². The molecule has 0 N–H and O–H groups in total. The molecule has 1 aliphatic heterocycles. The average Bonchev–Trinajstić information content (AvgIpc) is 2.73. The highest BCUT2D eigenvalue weighted by molar-refractivity contribution is 9.10. The van der Waals surface area contributed by atoms with E-state index in [4.69, 9.17) is 9.53 Å². The number of benzene rings is 1. The quantitative estimate of drug-likeness (QED) is 0.543. The maximum absolute atomic E-state index is 14.6. The Hall–Kier alpha value is -0.940. The number of ether oxygens (including phenoxy) is 1. The van der Waals surface area contributed by atoms with Crippen molar-refractivity contribution in [3.63, 3.8) is 0 Å². The molecule has 5 heteroatoms. The average molecular weight is 444 g/mol. The molecule has 0 amide bonds. The van der Waals surface area contributed by atoms with Crippen LogP contribution in [0.2, 0.25) is 0 Å². The van der Waals surface area contributed by atoms with Crippen molar-refractivity contribution in [2.24, 2.45) is 0 Å². The lowest BCUT2D eigenvalue weighted by molar-refractivity contribution is -0.0980. The van der Waals surface area contributed by atoms with Gasteiger partial charge in [0.15, 0.2) is 5.82 Å². The Labute approximate surface area is 172 Å². The number of nitrogens with zero attached hydrogens (tertiary/aromatic N) is 1. The van der Waals surface area contributed by atoms with Crippen LogP contribution in [-0.4, -0.2) is 32.1 Å². The number of hydrogen-bond donors (Lipinski definition) is 0. The van der Waals surface area contributed by atoms with E-state index < -0.39 is 0 Å². The van der Waals surface area contributed by atoms with Gasteiger partial charge >= 0.3 is 0 Å². The molecular formula is C22H35BrFNO2. The minimum atomic E-state index is -0.125. The lowest BCUT2D eigenvalue weighted by Crippen LogP contribution is -2.39. The van der Waals surface area contributed by atoms with E-state index in [-0.39, 0.29) is 5.82 Å². The molecule has 154 valence electrons. The summed E-state index contributed by atoms with van der Waals surface area (Å²) in [6.45, 7) is 11.8. The van der Waals surface area contributed by atoms with Crippen LogP contribution in [-0.2, 0) is 9.53 Å². The standard InChI is InChI=1S/C19H27BrFNO.C2H6.CH2O/c1-13-12-17(19(21)18(20)14(13)2)22-10-8-16(9-11-22)23-15-6-4-3-5-7-15;2*1-2/h12,15-16H,3-11H2,1-2H3;1-2H3;1H2. The largest absolute Gasteiger partial charge is 0.375 e. The summed E-state index contributed by atoms with van der Waals surface area (Å²) in [5.41, 5.74) is 2.85. The van der Waals surface area contributed by atoms with Crippen LogP contribution in [0.25, 0.3) is 0 Å². The number of aryl methyl sites for hydroxylation is 1. The van der Waals surface area contributed by atoms with Gasteiger partial charge in [0.25, 0.3) is 0 Å². The summed E-state index contributed by atoms with van der Waals surface area (Å²) in [5.74, 6) is -0.125. The molecule has 1 heterocycles. The summed E-state index contributed by atoms with van der Waals surface area (Å²) in [4.78, 5) is 10.2. The maximum atomic E-state index is 14.6. The van der Waals surface area contributed by atoms with Crippen LogP contribution in [0.4, 0.5) is 10.1 Å². The van der Waals surface area contributed by atoms with Gasteiger partial charge in [0, 0.05) is 13.1 Å². The second-order valence-electron chi connectivity index (χ2n) is 7.05. The SMILES string of the molecule is C=O.CC.Cc1cc(N2CCC(OC3CCCCC3)CC2)c(F)c(Br)c1C. The van der Waals surface area contributed by atoms with Crippen molar-refractivity contribution in [2.75, 3.05) is 18.0 Å². The molecule has 0 unspecified atom stereocenters. The number of rotatable bonds is 3. The molecule has 1 saturated carbocycles. The molecule has 0 aromatic heterocycles. The molecule has 1 aliphatic carbocycles. The zero-order valence-corrected chi connectivity index (χ0v) is 18.9. The molecule has 1 aromatic carbocycles. The Morgan fingerprint density at radius 2 is 1.56 bits per heavy atom. The lowest BCUT2D eigenvalue weighted by atomic mass is 9.97. The van der Waals surface area contributed by atoms with Crippen molar-refractivity contribution in [3.05, 3.63) is 27.5 Å². The van der Waals surface area contributed by atoms with E-state index >= 15 is 0 Å². The third kappa shape index (κ3) is 6.56. The summed E-state index contributed by atoms with van der Waals surface area (Å²) in [7, 11) is 0. The first kappa shape index (κ1) is 24.1. The Morgan fingerprint density at radius 1 is 1.04 bits per heavy atom. The Balaban J connectivity index is 0.000000855. The predicted molar refractivity (Wildman–Crippen MR) is 115 cm³/mol. The van der Waals surface area contributed by atoms with Crippen molar-refractivity contribution in [1.29, 1.82) is 0 Å². The Kier molecular flexibility index (Phi) is 11.2. The first-order valence-corrected chi connectivity index (χ1v) is 11.0. The van der Waals surface area contributed by atoms with E-state index in [0.29, 0.717) is 16.7 Å². The number of anilines is 1. The number of piperidine rings is 1. The van der Waals surface area contributed by atoms with Gasteiger partial charge in [0.05, 0.1) is 22.4 Å². The molecule has 3 rings (SSSR count). The molecule has 27 heavy (non-hydrogen) atoms. The highest BCUT2D eigenvalue weighted by Gasteiger charge is 2.26. The van der Waals surface area contributed by atoms with Gasteiger partial charge in [-0.15, -0.1) is 0 Å². The van der Waals surface area contributed by atoms with E-state index in [2.05, 4.69) is 20.8 Å². The molecule has 3 nitrogen and oxygen atoms in total. The molecule has 0 spiro atoms. The third-order valence-electron chi connectivity index (χ3n) is 5.41. The summed E-state index contributed by atoms with van der Waals surface area (Å²) in [6, 6.07) is 1.98. The van der Waals surface area contributed by atoms with Gasteiger partial charge in [-0.3, -0.25) is 0 Å². The van der Waals surface area contributed by atoms with Crippen molar-refractivity contribution in [2.45, 2.75) is 84.8 Å². The van der Waals surface area contributed by atoms with Crippen LogP contribution in [0, 0.1) is 19.7 Å². The monoisotopic (exact) mass is 443 g/mol. The maximum Gasteiger partial charge on any atom is 0.160 e. The van der Waals surface area contributed by atoms with Crippen LogP contribution in [0.15, 0.2) is 10.5 Å². The summed E-state index contributed by atoms with van der Waals surface area (Å²) >= 11 is 3.40. The second-order valence-corrected chi connectivity index (χ2v) is 7.84. The van der Waals surface area contributed by atoms with Crippen LogP contribution >= 0.6 is 15.9 Å². The van der Waals surface area contributed by atoms with Crippen molar-refractivity contribution in [3.8, 4) is 0 Å². The predicted octanol–water partition coefficient (Wildman–Crippen LogP) is 6.36. The minimum Gasteiger partial charge on any atom is -0.375 e. The first-order chi connectivity index (χ1) is 13.1. The zero-order chi connectivity index (χ0) is 20.4. The Morgan fingerprint density at radius 3 is 2.11 bits per heavy atom. The highest BCUT2D eigenvalue weighted by Crippen LogP contribution is 2.34. The smallest absolute Gasteiger partial charge is 0.160 e. The van der Waals surface area contributed by atoms with Gasteiger partial charge in [-0.1, -0.05) is 33.1 Å². The van der Waals surface area contributed by atoms with Crippen LogP contribution in [0.1, 0.15) is 69.9 Å². The lowest BCUT2D eigenvalue weighted by Gasteiger charge is -2.36. The van der Waals surface area contributed by atoms with E-state index in [1.54, 1.807) is 0 Å². The van der Waals surface area contributed by atoms with Gasteiger partial charge in [-0.25, -0.2) is 4.39 Å². The molecule has 2 fully saturated rings. The van der Waals surface area contributed by atoms with Gasteiger partial charge in [0.2, 0.25) is 0 Å². The third-order valence-corrected chi connectivity index (χ3v) is 6.35. The van der Waals surface area contributed by atoms with E-state index in [1.807, 2.05) is 40.6 Å². The van der Waals surface area contributed by atoms with Crippen LogP contribution in [0.3, 0.4) is 0 Å². The topological polar surface area (TPSA) is 29.5 Å². The normalized spacial score (nSPS) is 18.2. The van der Waals surface area contributed by atoms with E-state index in [9.17, 15) is 4.39 Å². The van der Waals surface area contributed by atoms with Gasteiger partial charge < -0.3 is 14.4 Å². The number of hydrogen-bond acceptors (Lipinski definition) is 3. The summed E-state index contributed by atoms with van der Waals surface area (Å²) in [5, 5.41) is 0. The molecule has 0 radical (unpaired) electrons. The van der Waals surface area contributed by atoms with Gasteiger partial charge in [0.1, 0.15) is 6.79 Å². The van der Waals surface area contributed by atoms with Crippen molar-refractivity contribution < 1.29 is 13.9 Å². The highest BCUT2D eigenvalue weighted by atomic mass is 79.9. The van der Waals surface area contributed by atoms with Crippen molar-refractivity contribution >= 4 is 28.4 Å². The fourth-order valence-corrected chi connectivity index (χ4v) is 4.28. The molecule has 0 bridgehead atoms. The first-order valence-electron chi connectivity index (χ1n) is 10.2. The van der Waals surface area contributed by atoms with Gasteiger partial charge in [-0.2, -0.15) is 0 Å².